The fourth-order valence-electron chi connectivity index (χ4n) is 2.43. The van der Waals surface area contributed by atoms with Gasteiger partial charge in [0.1, 0.15) is 18.1 Å². The van der Waals surface area contributed by atoms with E-state index in [9.17, 15) is 0 Å². The highest BCUT2D eigenvalue weighted by atomic mass is 35.5. The van der Waals surface area contributed by atoms with E-state index >= 15 is 0 Å². The molecule has 1 N–H and O–H groups in total. The van der Waals surface area contributed by atoms with Gasteiger partial charge in [0.05, 0.1) is 5.69 Å². The van der Waals surface area contributed by atoms with Gasteiger partial charge in [-0.1, -0.05) is 41.0 Å². The zero-order valence-corrected chi connectivity index (χ0v) is 12.9. The van der Waals surface area contributed by atoms with Gasteiger partial charge in [-0.15, -0.1) is 0 Å². The summed E-state index contributed by atoms with van der Waals surface area (Å²) in [5.41, 5.74) is 2.75. The van der Waals surface area contributed by atoms with Crippen LogP contribution in [0.1, 0.15) is 5.76 Å². The third kappa shape index (κ3) is 2.94. The van der Waals surface area contributed by atoms with Crippen molar-refractivity contribution in [1.82, 2.24) is 10.1 Å². The number of hydrogen-bond acceptors (Lipinski definition) is 3. The molecule has 4 aromatic rings. The Kier molecular flexibility index (Phi) is 3.52. The molecule has 0 aliphatic heterocycles. The van der Waals surface area contributed by atoms with Gasteiger partial charge in [0, 0.05) is 22.0 Å². The highest BCUT2D eigenvalue weighted by Crippen LogP contribution is 2.24. The zero-order chi connectivity index (χ0) is 15.6. The average Bonchev–Trinajstić information content (AvgIpc) is 3.19. The molecule has 2 aromatic carbocycles. The predicted molar refractivity (Wildman–Crippen MR) is 89.6 cm³/mol. The van der Waals surface area contributed by atoms with Crippen LogP contribution in [-0.4, -0.2) is 10.1 Å². The van der Waals surface area contributed by atoms with E-state index in [1.807, 2.05) is 36.4 Å². The topological polar surface area (TPSA) is 51.0 Å². The number of nitrogens with one attached hydrogen (secondary N) is 1. The van der Waals surface area contributed by atoms with Gasteiger partial charge in [-0.05, 0) is 30.3 Å². The number of benzene rings is 2. The maximum absolute atomic E-state index is 5.93. The first-order valence-electron chi connectivity index (χ1n) is 7.20. The van der Waals surface area contributed by atoms with Crippen LogP contribution in [0.25, 0.3) is 22.3 Å². The predicted octanol–water partition coefficient (Wildman–Crippen LogP) is 5.06. The van der Waals surface area contributed by atoms with Crippen LogP contribution >= 0.6 is 11.6 Å². The molecule has 0 spiro atoms. The van der Waals surface area contributed by atoms with Crippen LogP contribution in [-0.2, 0) is 6.61 Å². The van der Waals surface area contributed by atoms with E-state index < -0.39 is 0 Å². The van der Waals surface area contributed by atoms with Crippen LogP contribution in [0, 0.1) is 0 Å². The van der Waals surface area contributed by atoms with E-state index in [1.54, 1.807) is 12.1 Å². The van der Waals surface area contributed by atoms with Gasteiger partial charge in [0.2, 0.25) is 0 Å². The molecule has 0 radical (unpaired) electrons. The molecule has 0 atom stereocenters. The number of para-hydroxylation sites is 1. The summed E-state index contributed by atoms with van der Waals surface area (Å²) in [7, 11) is 0. The van der Waals surface area contributed by atoms with Crippen LogP contribution in [0.4, 0.5) is 0 Å². The molecule has 0 aliphatic carbocycles. The SMILES string of the molecule is Clc1cccc(OCc2cc(-c3cc4ccccc4[nH]3)no2)c1. The third-order valence-corrected chi connectivity index (χ3v) is 3.78. The van der Waals surface area contributed by atoms with Crippen LogP contribution in [0.2, 0.25) is 5.02 Å². The van der Waals surface area contributed by atoms with Crippen molar-refractivity contribution in [2.75, 3.05) is 0 Å². The highest BCUT2D eigenvalue weighted by molar-refractivity contribution is 6.30. The Balaban J connectivity index is 1.52. The lowest BCUT2D eigenvalue weighted by Gasteiger charge is -2.03. The van der Waals surface area contributed by atoms with Crippen LogP contribution in [0.3, 0.4) is 0 Å². The maximum Gasteiger partial charge on any atom is 0.174 e. The molecule has 0 fully saturated rings. The Morgan fingerprint density at radius 2 is 1.96 bits per heavy atom. The summed E-state index contributed by atoms with van der Waals surface area (Å²) in [5, 5.41) is 5.88. The van der Waals surface area contributed by atoms with Gasteiger partial charge in [-0.3, -0.25) is 0 Å². The number of fused-ring (bicyclic) bond motifs is 1. The summed E-state index contributed by atoms with van der Waals surface area (Å²) in [6.07, 6.45) is 0. The number of aromatic amines is 1. The van der Waals surface area contributed by atoms with Crippen molar-refractivity contribution >= 4 is 22.5 Å². The van der Waals surface area contributed by atoms with Crippen molar-refractivity contribution in [3.05, 3.63) is 71.4 Å². The number of H-pyrrole nitrogens is 1. The first-order valence-corrected chi connectivity index (χ1v) is 7.58. The Morgan fingerprint density at radius 3 is 2.83 bits per heavy atom. The molecule has 0 aliphatic rings. The molecule has 5 heteroatoms. The van der Waals surface area contributed by atoms with E-state index in [0.717, 1.165) is 22.3 Å². The van der Waals surface area contributed by atoms with Gasteiger partial charge in [0.15, 0.2) is 5.76 Å². The van der Waals surface area contributed by atoms with Gasteiger partial charge in [0.25, 0.3) is 0 Å². The smallest absolute Gasteiger partial charge is 0.174 e. The molecule has 0 saturated heterocycles. The second kappa shape index (κ2) is 5.82. The van der Waals surface area contributed by atoms with Crippen molar-refractivity contribution in [3.63, 3.8) is 0 Å². The van der Waals surface area contributed by atoms with Crippen molar-refractivity contribution in [2.45, 2.75) is 6.61 Å². The van der Waals surface area contributed by atoms with Gasteiger partial charge in [-0.25, -0.2) is 0 Å². The Hall–Kier alpha value is -2.72. The molecule has 4 nitrogen and oxygen atoms in total. The Morgan fingerprint density at radius 1 is 1.04 bits per heavy atom. The van der Waals surface area contributed by atoms with E-state index in [0.29, 0.717) is 23.1 Å². The van der Waals surface area contributed by atoms with E-state index in [1.165, 1.54) is 0 Å². The summed E-state index contributed by atoms with van der Waals surface area (Å²) >= 11 is 5.93. The van der Waals surface area contributed by atoms with Crippen LogP contribution in [0.15, 0.2) is 65.2 Å². The Bertz CT molecular complexity index is 925. The lowest BCUT2D eigenvalue weighted by Crippen LogP contribution is -1.93. The third-order valence-electron chi connectivity index (χ3n) is 3.54. The standard InChI is InChI=1S/C18H13ClN2O2/c19-13-5-3-6-14(9-13)22-11-15-10-18(21-23-15)17-8-12-4-1-2-7-16(12)20-17/h1-10,20H,11H2. The number of nitrogens with zero attached hydrogens (tertiary/aromatic N) is 1. The number of hydrogen-bond donors (Lipinski definition) is 1. The number of ether oxygens (including phenoxy) is 1. The normalized spacial score (nSPS) is 11.0. The largest absolute Gasteiger partial charge is 0.485 e. The van der Waals surface area contributed by atoms with Crippen molar-refractivity contribution in [2.24, 2.45) is 0 Å². The number of aromatic nitrogens is 2. The summed E-state index contributed by atoms with van der Waals surface area (Å²) in [6, 6.07) is 19.3. The second-order valence-electron chi connectivity index (χ2n) is 5.19. The maximum atomic E-state index is 5.93. The Labute approximate surface area is 137 Å². The molecule has 0 bridgehead atoms. The van der Waals surface area contributed by atoms with Crippen LogP contribution in [0.5, 0.6) is 5.75 Å². The van der Waals surface area contributed by atoms with E-state index in [4.69, 9.17) is 20.9 Å². The van der Waals surface area contributed by atoms with Gasteiger partial charge < -0.3 is 14.2 Å². The van der Waals surface area contributed by atoms with E-state index in [-0.39, 0.29) is 0 Å². The van der Waals surface area contributed by atoms with E-state index in [2.05, 4.69) is 22.3 Å². The zero-order valence-electron chi connectivity index (χ0n) is 12.1. The number of rotatable bonds is 4. The lowest BCUT2D eigenvalue weighted by atomic mass is 10.2. The van der Waals surface area contributed by atoms with Gasteiger partial charge >= 0.3 is 0 Å². The molecule has 4 rings (SSSR count). The summed E-state index contributed by atoms with van der Waals surface area (Å²) in [5.74, 6) is 1.35. The molecule has 0 amide bonds. The van der Waals surface area contributed by atoms with Crippen molar-refractivity contribution in [3.8, 4) is 17.1 Å². The molecular weight excluding hydrogens is 312 g/mol. The van der Waals surface area contributed by atoms with Gasteiger partial charge in [-0.2, -0.15) is 0 Å². The molecular formula is C18H13ClN2O2. The first-order chi connectivity index (χ1) is 11.3. The fraction of sp³-hybridized carbons (Fsp3) is 0.0556. The quantitative estimate of drug-likeness (QED) is 0.571. The summed E-state index contributed by atoms with van der Waals surface area (Å²) in [6.45, 7) is 0.299. The molecule has 0 saturated carbocycles. The number of halogens is 1. The summed E-state index contributed by atoms with van der Waals surface area (Å²) in [4.78, 5) is 3.33. The minimum absolute atomic E-state index is 0.299. The molecule has 0 unspecified atom stereocenters. The average molecular weight is 325 g/mol. The van der Waals surface area contributed by atoms with Crippen LogP contribution < -0.4 is 4.74 Å². The highest BCUT2D eigenvalue weighted by Gasteiger charge is 2.10. The second-order valence-corrected chi connectivity index (χ2v) is 5.63. The molecule has 2 aromatic heterocycles. The van der Waals surface area contributed by atoms with Crippen molar-refractivity contribution in [1.29, 1.82) is 0 Å². The molecule has 23 heavy (non-hydrogen) atoms. The molecule has 114 valence electrons. The summed E-state index contributed by atoms with van der Waals surface area (Å²) < 4.78 is 11.0. The van der Waals surface area contributed by atoms with Crippen molar-refractivity contribution < 1.29 is 9.26 Å². The minimum atomic E-state index is 0.299. The monoisotopic (exact) mass is 324 g/mol. The lowest BCUT2D eigenvalue weighted by molar-refractivity contribution is 0.249. The molecule has 2 heterocycles. The first kappa shape index (κ1) is 13.9. The fourth-order valence-corrected chi connectivity index (χ4v) is 2.61. The minimum Gasteiger partial charge on any atom is -0.485 e.